The van der Waals surface area contributed by atoms with Crippen molar-refractivity contribution in [2.45, 2.75) is 0 Å². The van der Waals surface area contributed by atoms with E-state index in [2.05, 4.69) is 9.97 Å². The third-order valence-electron chi connectivity index (χ3n) is 1.13. The molecule has 2 heterocycles. The molecule has 0 aliphatic heterocycles. The molecular weight excluding hydrogens is 186 g/mol. The first-order valence-corrected chi connectivity index (χ1v) is 3.70. The highest BCUT2D eigenvalue weighted by Crippen LogP contribution is 1.74. The summed E-state index contributed by atoms with van der Waals surface area (Å²) in [4.78, 5) is 7.57. The number of hydrogen-bond donors (Lipinski definition) is 0. The van der Waals surface area contributed by atoms with Crippen molar-refractivity contribution in [1.29, 1.82) is 0 Å². The van der Waals surface area contributed by atoms with E-state index in [4.69, 9.17) is 0 Å². The lowest BCUT2D eigenvalue weighted by Crippen LogP contribution is -1.58. The van der Waals surface area contributed by atoms with Gasteiger partial charge in [0.15, 0.2) is 0 Å². The molecule has 0 aliphatic carbocycles. The van der Waals surface area contributed by atoms with Gasteiger partial charge < -0.3 is 0 Å². The molecule has 0 saturated carbocycles. The van der Waals surface area contributed by atoms with E-state index < -0.39 is 0 Å². The average molecular weight is 198 g/mol. The van der Waals surface area contributed by atoms with E-state index in [0.717, 1.165) is 0 Å². The van der Waals surface area contributed by atoms with Crippen molar-refractivity contribution in [3.05, 3.63) is 61.2 Å². The second-order valence-corrected chi connectivity index (χ2v) is 2.05. The maximum absolute atomic E-state index is 3.78. The molecule has 4 heteroatoms. The predicted octanol–water partition coefficient (Wildman–Crippen LogP) is 2.47. The van der Waals surface area contributed by atoms with E-state index in [9.17, 15) is 0 Å². The van der Waals surface area contributed by atoms with Crippen molar-refractivity contribution in [1.82, 2.24) is 9.97 Å². The van der Waals surface area contributed by atoms with Crippen LogP contribution in [0.25, 0.3) is 0 Å². The second-order valence-electron chi connectivity index (χ2n) is 2.05. The Morgan fingerprint density at radius 1 is 0.429 bits per heavy atom. The van der Waals surface area contributed by atoms with Crippen LogP contribution in [0.15, 0.2) is 61.2 Å². The van der Waals surface area contributed by atoms with Gasteiger partial charge in [0.05, 0.1) is 0 Å². The van der Waals surface area contributed by atoms with Crippen LogP contribution in [0.2, 0.25) is 0 Å². The molecule has 0 aromatic carbocycles. The highest BCUT2D eigenvalue weighted by Gasteiger charge is 1.59. The van der Waals surface area contributed by atoms with Gasteiger partial charge in [-0.1, -0.05) is 12.1 Å². The Morgan fingerprint density at radius 3 is 0.786 bits per heavy atom. The first kappa shape index (κ1) is 14.7. The summed E-state index contributed by atoms with van der Waals surface area (Å²) in [5, 5.41) is 0. The van der Waals surface area contributed by atoms with Gasteiger partial charge in [-0.05, 0) is 24.3 Å². The minimum atomic E-state index is 0. The molecule has 0 amide bonds. The van der Waals surface area contributed by atoms with Crippen LogP contribution in [-0.2, 0) is 0 Å². The maximum Gasteiger partial charge on any atom is 0.0267 e. The quantitative estimate of drug-likeness (QED) is 0.649. The lowest BCUT2D eigenvalue weighted by molar-refractivity contribution is 1.11. The summed E-state index contributed by atoms with van der Waals surface area (Å²) in [5.41, 5.74) is 0. The minimum Gasteiger partial charge on any atom is -0.269 e. The van der Waals surface area contributed by atoms with Crippen molar-refractivity contribution < 1.29 is 9.41 Å². The van der Waals surface area contributed by atoms with Gasteiger partial charge >= 0.3 is 0 Å². The van der Waals surface area contributed by atoms with Crippen LogP contribution >= 0.6 is 0 Å². The molecule has 2 aromatic rings. The summed E-state index contributed by atoms with van der Waals surface area (Å²) >= 11 is 0. The lowest BCUT2D eigenvalue weighted by atomic mass is 10.5. The van der Waals surface area contributed by atoms with Crippen LogP contribution in [0.5, 0.6) is 0 Å². The van der Waals surface area contributed by atoms with Crippen LogP contribution in [0.1, 0.15) is 0 Å². The van der Waals surface area contributed by atoms with Crippen molar-refractivity contribution in [2.24, 2.45) is 0 Å². The molecule has 2 nitrogen and oxygen atoms in total. The second kappa shape index (κ2) is 11.2. The Hall–Kier alpha value is -1.84. The van der Waals surface area contributed by atoms with Crippen molar-refractivity contribution in [3.63, 3.8) is 0 Å². The van der Waals surface area contributed by atoms with Gasteiger partial charge in [-0.25, -0.2) is 0 Å². The number of aromatic nitrogens is 2. The molecule has 0 atom stereocenters. The zero-order valence-electron chi connectivity index (χ0n) is 7.48. The molecule has 76 valence electrons. The summed E-state index contributed by atoms with van der Waals surface area (Å²) in [6, 6.07) is 11.4. The first-order chi connectivity index (χ1) is 6.00. The third-order valence-corrected chi connectivity index (χ3v) is 1.13. The Labute approximate surface area is 81.4 Å². The monoisotopic (exact) mass is 198 g/mol. The van der Waals surface area contributed by atoms with E-state index in [1.165, 1.54) is 0 Å². The van der Waals surface area contributed by atoms with Crippen molar-refractivity contribution in [2.75, 3.05) is 0 Å². The standard InChI is InChI=1S/2C5H5N.2FH/c2*1-2-4-6-5-3-1;;/h2*1-5H;2*1H. The van der Waals surface area contributed by atoms with Crippen molar-refractivity contribution >= 4 is 0 Å². The van der Waals surface area contributed by atoms with E-state index in [-0.39, 0.29) is 9.41 Å². The summed E-state index contributed by atoms with van der Waals surface area (Å²) in [6.45, 7) is 0. The van der Waals surface area contributed by atoms with E-state index in [1.807, 2.05) is 36.4 Å². The summed E-state index contributed by atoms with van der Waals surface area (Å²) in [7, 11) is 0. The molecule has 0 saturated heterocycles. The Balaban J connectivity index is 0. The maximum atomic E-state index is 3.78. The zero-order valence-corrected chi connectivity index (χ0v) is 7.48. The number of hydrogen-bond acceptors (Lipinski definition) is 2. The van der Waals surface area contributed by atoms with Crippen LogP contribution in [0.4, 0.5) is 9.41 Å². The van der Waals surface area contributed by atoms with E-state index in [0.29, 0.717) is 0 Å². The van der Waals surface area contributed by atoms with Gasteiger partial charge in [-0.15, -0.1) is 0 Å². The van der Waals surface area contributed by atoms with Crippen LogP contribution in [0.3, 0.4) is 0 Å². The molecule has 14 heavy (non-hydrogen) atoms. The average Bonchev–Trinajstić information content (AvgIpc) is 2.24. The van der Waals surface area contributed by atoms with Gasteiger partial charge in [0.1, 0.15) is 0 Å². The van der Waals surface area contributed by atoms with Gasteiger partial charge in [0.2, 0.25) is 0 Å². The fourth-order valence-electron chi connectivity index (χ4n) is 0.625. The summed E-state index contributed by atoms with van der Waals surface area (Å²) in [6.07, 6.45) is 7.00. The van der Waals surface area contributed by atoms with E-state index in [1.54, 1.807) is 24.8 Å². The van der Waals surface area contributed by atoms with Crippen LogP contribution in [0, 0.1) is 0 Å². The number of halogens is 2. The smallest absolute Gasteiger partial charge is 0.0267 e. The number of nitrogens with zero attached hydrogens (tertiary/aromatic N) is 2. The molecule has 2 aromatic heterocycles. The molecule has 0 unspecified atom stereocenters. The van der Waals surface area contributed by atoms with Crippen LogP contribution in [-0.4, -0.2) is 9.97 Å². The van der Waals surface area contributed by atoms with E-state index >= 15 is 0 Å². The normalized spacial score (nSPS) is 6.86. The fourth-order valence-corrected chi connectivity index (χ4v) is 0.625. The predicted molar refractivity (Wildman–Crippen MR) is 53.5 cm³/mol. The largest absolute Gasteiger partial charge is 0.269 e. The molecule has 0 aliphatic rings. The molecule has 0 radical (unpaired) electrons. The highest BCUT2D eigenvalue weighted by molar-refractivity contribution is 4.88. The third kappa shape index (κ3) is 8.26. The van der Waals surface area contributed by atoms with Gasteiger partial charge in [-0.3, -0.25) is 19.4 Å². The Morgan fingerprint density at radius 2 is 0.714 bits per heavy atom. The van der Waals surface area contributed by atoms with Gasteiger partial charge in [-0.2, -0.15) is 0 Å². The lowest BCUT2D eigenvalue weighted by Gasteiger charge is -1.70. The highest BCUT2D eigenvalue weighted by atomic mass is 19.0. The fraction of sp³-hybridized carbons (Fsp3) is 0. The van der Waals surface area contributed by atoms with Crippen molar-refractivity contribution in [3.8, 4) is 0 Å². The zero-order chi connectivity index (χ0) is 8.49. The molecule has 0 spiro atoms. The summed E-state index contributed by atoms with van der Waals surface area (Å²) < 4.78 is 0. The molecular formula is C10H12F2N2. The molecule has 0 bridgehead atoms. The minimum absolute atomic E-state index is 0. The molecule has 2 rings (SSSR count). The molecule has 0 N–H and O–H groups in total. The first-order valence-electron chi connectivity index (χ1n) is 3.70. The number of pyridine rings is 2. The SMILES string of the molecule is F.F.c1ccncc1.c1ccncc1. The van der Waals surface area contributed by atoms with Gasteiger partial charge in [0.25, 0.3) is 0 Å². The Kier molecular flexibility index (Phi) is 11.7. The van der Waals surface area contributed by atoms with Crippen LogP contribution < -0.4 is 0 Å². The topological polar surface area (TPSA) is 25.8 Å². The summed E-state index contributed by atoms with van der Waals surface area (Å²) in [5.74, 6) is 0. The Bertz CT molecular complexity index is 192. The molecule has 0 fully saturated rings. The van der Waals surface area contributed by atoms with Gasteiger partial charge in [0, 0.05) is 24.8 Å². The number of rotatable bonds is 0.